The number of anilines is 1. The number of hydrogen-bond donors (Lipinski definition) is 5. The van der Waals surface area contributed by atoms with Gasteiger partial charge in [-0.15, -0.1) is 0 Å². The van der Waals surface area contributed by atoms with Crippen molar-refractivity contribution >= 4 is 18.0 Å². The Labute approximate surface area is 276 Å². The molecule has 0 atom stereocenters. The monoisotopic (exact) mass is 643 g/mol. The minimum atomic E-state index is -1.42. The number of amides is 2. The summed E-state index contributed by atoms with van der Waals surface area (Å²) in [5, 5.41) is 32.2. The van der Waals surface area contributed by atoms with Crippen molar-refractivity contribution in [2.75, 3.05) is 44.8 Å². The number of rotatable bonds is 18. The van der Waals surface area contributed by atoms with Gasteiger partial charge in [-0.2, -0.15) is 0 Å². The molecule has 2 amide bonds. The summed E-state index contributed by atoms with van der Waals surface area (Å²) in [6.45, 7) is 5.95. The second-order valence-electron chi connectivity index (χ2n) is 11.0. The van der Waals surface area contributed by atoms with Gasteiger partial charge in [-0.05, 0) is 60.6 Å². The van der Waals surface area contributed by atoms with Crippen molar-refractivity contribution in [1.82, 2.24) is 30.1 Å². The molecule has 47 heavy (non-hydrogen) atoms. The molecule has 0 bridgehead atoms. The van der Waals surface area contributed by atoms with Gasteiger partial charge in [-0.1, -0.05) is 37.3 Å². The van der Waals surface area contributed by atoms with E-state index in [1.165, 1.54) is 0 Å². The summed E-state index contributed by atoms with van der Waals surface area (Å²) in [6, 6.07) is 24.9. The van der Waals surface area contributed by atoms with Gasteiger partial charge < -0.3 is 26.0 Å². The highest BCUT2D eigenvalue weighted by molar-refractivity contribution is 5.80. The number of aromatic nitrogens is 3. The van der Waals surface area contributed by atoms with Gasteiger partial charge >= 0.3 is 0 Å². The quantitative estimate of drug-likeness (QED) is 0.101. The van der Waals surface area contributed by atoms with Crippen LogP contribution in [0.1, 0.15) is 29.6 Å². The Morgan fingerprint density at radius 2 is 1.19 bits per heavy atom. The van der Waals surface area contributed by atoms with Crippen LogP contribution in [0.25, 0.3) is 0 Å². The largest absolute Gasteiger partial charge is 0.394 e. The number of aliphatic hydroxyl groups excluding tert-OH is 3. The second-order valence-corrected chi connectivity index (χ2v) is 11.0. The minimum Gasteiger partial charge on any atom is -0.394 e. The molecule has 0 aliphatic rings. The average Bonchev–Trinajstić information content (AvgIpc) is 3.11. The first-order valence-corrected chi connectivity index (χ1v) is 15.5. The van der Waals surface area contributed by atoms with Gasteiger partial charge in [0.2, 0.25) is 12.3 Å². The van der Waals surface area contributed by atoms with Crippen LogP contribution >= 0.6 is 0 Å². The van der Waals surface area contributed by atoms with Crippen LogP contribution in [0.15, 0.2) is 97.5 Å². The molecule has 12 heteroatoms. The smallest absolute Gasteiger partial charge is 0.225 e. The Bertz CT molecular complexity index is 1380. The molecular formula is C35H45N7O5. The molecule has 1 aromatic carbocycles. The SMILES string of the molecule is CCN(CCN(Cc1ccccn1)Cc1ccccn1)Cc1ccccn1.O=CNc1ccc(CC(=O)NC(CO)(CO)CO)cc1. The molecule has 0 fully saturated rings. The molecule has 4 rings (SSSR count). The first-order chi connectivity index (χ1) is 22.9. The van der Waals surface area contributed by atoms with Crippen LogP contribution in [-0.4, -0.2) is 97.4 Å². The fourth-order valence-electron chi connectivity index (χ4n) is 4.59. The molecule has 0 aliphatic carbocycles. The van der Waals surface area contributed by atoms with E-state index >= 15 is 0 Å². The number of nitrogens with zero attached hydrogens (tertiary/aromatic N) is 5. The van der Waals surface area contributed by atoms with Gasteiger partial charge in [0.05, 0.1) is 43.3 Å². The zero-order valence-electron chi connectivity index (χ0n) is 26.8. The van der Waals surface area contributed by atoms with E-state index in [2.05, 4.69) is 60.5 Å². The molecule has 0 spiro atoms. The van der Waals surface area contributed by atoms with Crippen LogP contribution in [0.3, 0.4) is 0 Å². The van der Waals surface area contributed by atoms with E-state index in [0.29, 0.717) is 17.7 Å². The summed E-state index contributed by atoms with van der Waals surface area (Å²) in [4.78, 5) is 40.3. The first-order valence-electron chi connectivity index (χ1n) is 15.5. The maximum atomic E-state index is 11.8. The van der Waals surface area contributed by atoms with Crippen molar-refractivity contribution < 1.29 is 24.9 Å². The molecule has 12 nitrogen and oxygen atoms in total. The lowest BCUT2D eigenvalue weighted by Gasteiger charge is -2.28. The van der Waals surface area contributed by atoms with Crippen LogP contribution in [-0.2, 0) is 35.6 Å². The number of carbonyl (C=O) groups excluding carboxylic acids is 2. The number of likely N-dealkylation sites (N-methyl/N-ethyl adjacent to an activating group) is 1. The third-order valence-corrected chi connectivity index (χ3v) is 7.37. The Hall–Kier alpha value is -4.59. The van der Waals surface area contributed by atoms with E-state index in [1.54, 1.807) is 24.3 Å². The highest BCUT2D eigenvalue weighted by Gasteiger charge is 2.29. The van der Waals surface area contributed by atoms with Gasteiger partial charge in [0, 0.05) is 57.0 Å². The van der Waals surface area contributed by atoms with Gasteiger partial charge in [0.25, 0.3) is 0 Å². The lowest BCUT2D eigenvalue weighted by atomic mass is 10.0. The molecule has 3 heterocycles. The number of hydrogen-bond acceptors (Lipinski definition) is 10. The van der Waals surface area contributed by atoms with Crippen molar-refractivity contribution in [2.45, 2.75) is 38.5 Å². The molecular weight excluding hydrogens is 598 g/mol. The maximum absolute atomic E-state index is 11.8. The van der Waals surface area contributed by atoms with Gasteiger partial charge in [0.1, 0.15) is 5.54 Å². The lowest BCUT2D eigenvalue weighted by molar-refractivity contribution is -0.124. The molecule has 0 aliphatic heterocycles. The minimum absolute atomic E-state index is 0.0309. The summed E-state index contributed by atoms with van der Waals surface area (Å²) < 4.78 is 0. The molecule has 0 radical (unpaired) electrons. The van der Waals surface area contributed by atoms with Crippen LogP contribution < -0.4 is 10.6 Å². The molecule has 5 N–H and O–H groups in total. The van der Waals surface area contributed by atoms with Crippen LogP contribution in [0.5, 0.6) is 0 Å². The summed E-state index contributed by atoms with van der Waals surface area (Å²) >= 11 is 0. The number of pyridine rings is 3. The first kappa shape index (κ1) is 36.9. The third-order valence-electron chi connectivity index (χ3n) is 7.37. The number of carbonyl (C=O) groups is 2. The fraction of sp³-hybridized carbons (Fsp3) is 0.343. The predicted octanol–water partition coefficient (Wildman–Crippen LogP) is 2.03. The topological polar surface area (TPSA) is 164 Å². The van der Waals surface area contributed by atoms with Crippen molar-refractivity contribution in [3.05, 3.63) is 120 Å². The Morgan fingerprint density at radius 1 is 0.723 bits per heavy atom. The van der Waals surface area contributed by atoms with Crippen molar-refractivity contribution in [1.29, 1.82) is 0 Å². The van der Waals surface area contributed by atoms with Crippen LogP contribution in [0.4, 0.5) is 5.69 Å². The third kappa shape index (κ3) is 13.3. The van der Waals surface area contributed by atoms with E-state index in [0.717, 1.165) is 56.4 Å². The summed E-state index contributed by atoms with van der Waals surface area (Å²) in [5.74, 6) is -0.432. The summed E-state index contributed by atoms with van der Waals surface area (Å²) in [5.41, 5.74) is 3.17. The van der Waals surface area contributed by atoms with E-state index < -0.39 is 31.3 Å². The number of nitrogens with one attached hydrogen (secondary N) is 2. The highest BCUT2D eigenvalue weighted by atomic mass is 16.3. The number of aliphatic hydroxyl groups is 3. The van der Waals surface area contributed by atoms with Crippen LogP contribution in [0.2, 0.25) is 0 Å². The highest BCUT2D eigenvalue weighted by Crippen LogP contribution is 2.11. The molecule has 3 aromatic heterocycles. The van der Waals surface area contributed by atoms with Crippen molar-refractivity contribution in [3.8, 4) is 0 Å². The van der Waals surface area contributed by atoms with E-state index in [1.807, 2.05) is 55.0 Å². The second kappa shape index (κ2) is 20.5. The standard InChI is InChI=1S/C22H27N5.C13H18N2O5/c1-2-26(17-20-9-3-6-12-23-20)15-16-27(18-21-10-4-7-13-24-21)19-22-11-5-8-14-25-22;16-6-13(7-17,8-18)15-12(20)5-10-1-3-11(4-2-10)14-9-19/h3-14H,2,15-19H2,1H3;1-4,9,16-18H,5-8H2,(H,14,19)(H,15,20). The normalized spacial score (nSPS) is 11.1. The maximum Gasteiger partial charge on any atom is 0.225 e. The predicted molar refractivity (Wildman–Crippen MR) is 180 cm³/mol. The van der Waals surface area contributed by atoms with Crippen molar-refractivity contribution in [3.63, 3.8) is 0 Å². The molecule has 4 aromatic rings. The average molecular weight is 644 g/mol. The summed E-state index contributed by atoms with van der Waals surface area (Å²) in [6.07, 6.45) is 6.15. The Balaban J connectivity index is 0.000000268. The zero-order valence-corrected chi connectivity index (χ0v) is 26.8. The molecule has 0 unspecified atom stereocenters. The Morgan fingerprint density at radius 3 is 1.60 bits per heavy atom. The van der Waals surface area contributed by atoms with E-state index in [9.17, 15) is 9.59 Å². The molecule has 250 valence electrons. The number of benzene rings is 1. The van der Waals surface area contributed by atoms with Gasteiger partial charge in [-0.3, -0.25) is 34.3 Å². The zero-order chi connectivity index (χ0) is 33.7. The summed E-state index contributed by atoms with van der Waals surface area (Å²) in [7, 11) is 0. The fourth-order valence-corrected chi connectivity index (χ4v) is 4.59. The van der Waals surface area contributed by atoms with E-state index in [-0.39, 0.29) is 6.42 Å². The van der Waals surface area contributed by atoms with Crippen molar-refractivity contribution in [2.24, 2.45) is 0 Å². The van der Waals surface area contributed by atoms with Crippen LogP contribution in [0, 0.1) is 0 Å². The van der Waals surface area contributed by atoms with Gasteiger partial charge in [-0.25, -0.2) is 0 Å². The van der Waals surface area contributed by atoms with Gasteiger partial charge in [0.15, 0.2) is 0 Å². The molecule has 0 saturated carbocycles. The van der Waals surface area contributed by atoms with E-state index in [4.69, 9.17) is 15.3 Å². The Kier molecular flexibility index (Phi) is 16.1. The molecule has 0 saturated heterocycles. The lowest BCUT2D eigenvalue weighted by Crippen LogP contribution is -2.57.